The molecule has 354 valence electrons. The molecule has 5 aromatic carbocycles. The minimum absolute atomic E-state index is 0.0442. The summed E-state index contributed by atoms with van der Waals surface area (Å²) >= 11 is 25.3. The molecule has 4 unspecified atom stereocenters. The Morgan fingerprint density at radius 2 is 0.897 bits per heavy atom. The zero-order chi connectivity index (χ0) is 49.7. The molecule has 0 heterocycles. The van der Waals surface area contributed by atoms with Crippen molar-refractivity contribution < 1.29 is 38.2 Å². The molecule has 68 heavy (non-hydrogen) atoms. The van der Waals surface area contributed by atoms with Gasteiger partial charge in [0, 0.05) is 23.5 Å². The molecule has 0 radical (unpaired) electrons. The van der Waals surface area contributed by atoms with E-state index >= 15 is 0 Å². The zero-order valence-corrected chi connectivity index (χ0v) is 40.6. The maximum absolute atomic E-state index is 13.7. The summed E-state index contributed by atoms with van der Waals surface area (Å²) in [5, 5.41) is 26.5. The number of alkyl halides is 2. The molecule has 4 amide bonds. The van der Waals surface area contributed by atoms with Gasteiger partial charge in [0.05, 0.1) is 67.9 Å². The highest BCUT2D eigenvalue weighted by molar-refractivity contribution is 6.35. The molecule has 5 aromatic rings. The smallest absolute Gasteiger partial charge is 0.258 e. The molecule has 20 heteroatoms. The molecule has 0 saturated heterocycles. The van der Waals surface area contributed by atoms with E-state index in [-0.39, 0.29) is 68.6 Å². The van der Waals surface area contributed by atoms with E-state index < -0.39 is 58.0 Å². The molecule has 5 rings (SSSR count). The van der Waals surface area contributed by atoms with Crippen molar-refractivity contribution >= 4 is 116 Å². The van der Waals surface area contributed by atoms with Crippen LogP contribution in [-0.4, -0.2) is 60.5 Å². The lowest BCUT2D eigenvalue weighted by molar-refractivity contribution is -0.127. The number of benzene rings is 5. The van der Waals surface area contributed by atoms with Gasteiger partial charge in [0.2, 0.25) is 12.1 Å². The molecule has 0 aromatic heterocycles. The van der Waals surface area contributed by atoms with E-state index in [0.717, 1.165) is 13.8 Å². The van der Waals surface area contributed by atoms with Gasteiger partial charge in [0.1, 0.15) is 11.5 Å². The van der Waals surface area contributed by atoms with Crippen molar-refractivity contribution in [3.8, 4) is 11.5 Å². The van der Waals surface area contributed by atoms with Crippen molar-refractivity contribution in [1.29, 1.82) is 0 Å². The topological polar surface area (TPSA) is 218 Å². The van der Waals surface area contributed by atoms with Gasteiger partial charge in [-0.25, -0.2) is 0 Å². The van der Waals surface area contributed by atoms with Gasteiger partial charge in [0.15, 0.2) is 11.6 Å². The average Bonchev–Trinajstić information content (AvgIpc) is 3.28. The van der Waals surface area contributed by atoms with Crippen molar-refractivity contribution in [2.45, 2.75) is 64.4 Å². The number of amides is 4. The molecule has 0 aliphatic rings. The van der Waals surface area contributed by atoms with Gasteiger partial charge in [-0.15, -0.1) is 23.2 Å². The predicted molar refractivity (Wildman–Crippen MR) is 264 cm³/mol. The second-order valence-corrected chi connectivity index (χ2v) is 16.9. The summed E-state index contributed by atoms with van der Waals surface area (Å²) in [5.74, 6) is -4.12. The van der Waals surface area contributed by atoms with Gasteiger partial charge >= 0.3 is 0 Å². The quantitative estimate of drug-likeness (QED) is 0.0333. The number of Topliss-reactive ketones (excluding diaryl/α,β-unsaturated/α-hetero) is 2. The summed E-state index contributed by atoms with van der Waals surface area (Å²) in [6, 6.07) is 21.9. The minimum Gasteiger partial charge on any atom is -0.492 e. The summed E-state index contributed by atoms with van der Waals surface area (Å²) in [5.41, 5.74) is 2.80. The number of hydrogen-bond donors (Lipinski definition) is 4. The third-order valence-electron chi connectivity index (χ3n) is 9.71. The number of halogens is 4. The van der Waals surface area contributed by atoms with Crippen molar-refractivity contribution in [1.82, 2.24) is 0 Å². The van der Waals surface area contributed by atoms with Gasteiger partial charge in [-0.05, 0) is 101 Å². The normalized spacial score (nSPS) is 13.0. The van der Waals surface area contributed by atoms with Crippen LogP contribution >= 0.6 is 46.4 Å². The Morgan fingerprint density at radius 1 is 0.529 bits per heavy atom. The first-order valence-corrected chi connectivity index (χ1v) is 22.6. The Kier molecular flexibility index (Phi) is 18.7. The first-order valence-electron chi connectivity index (χ1n) is 21.0. The molecular formula is C48H46Cl4N8O8. The van der Waals surface area contributed by atoms with Crippen molar-refractivity contribution in [3.63, 3.8) is 0 Å². The molecule has 16 nitrogen and oxygen atoms in total. The van der Waals surface area contributed by atoms with Crippen LogP contribution < -0.4 is 30.7 Å². The minimum atomic E-state index is -1.66. The van der Waals surface area contributed by atoms with E-state index in [4.69, 9.17) is 55.9 Å². The molecule has 4 N–H and O–H groups in total. The second kappa shape index (κ2) is 24.3. The summed E-state index contributed by atoms with van der Waals surface area (Å²) in [4.78, 5) is 79.6. The number of nitrogens with zero attached hydrogens (tertiary/aromatic N) is 4. The maximum atomic E-state index is 13.7. The lowest BCUT2D eigenvalue weighted by atomic mass is 10.1. The van der Waals surface area contributed by atoms with Crippen LogP contribution in [0.1, 0.15) is 84.1 Å². The molecule has 0 aliphatic heterocycles. The number of carbonyl (C=O) groups is 6. The third kappa shape index (κ3) is 13.7. The van der Waals surface area contributed by atoms with Crippen LogP contribution in [-0.2, 0) is 19.2 Å². The second-order valence-electron chi connectivity index (χ2n) is 14.8. The van der Waals surface area contributed by atoms with E-state index in [0.29, 0.717) is 22.5 Å². The average molecular weight is 1000 g/mol. The number of nitrogens with one attached hydrogen (secondary N) is 4. The Morgan fingerprint density at radius 3 is 1.24 bits per heavy atom. The molecular weight excluding hydrogens is 958 g/mol. The number of anilines is 4. The number of carbonyl (C=O) groups excluding carboxylic acids is 6. The highest BCUT2D eigenvalue weighted by Gasteiger charge is 2.28. The molecule has 4 atom stereocenters. The van der Waals surface area contributed by atoms with Gasteiger partial charge in [0.25, 0.3) is 23.6 Å². The van der Waals surface area contributed by atoms with Crippen molar-refractivity contribution in [2.75, 3.05) is 34.5 Å². The Labute approximate surface area is 412 Å². The number of ether oxygens (including phenoxy) is 2. The van der Waals surface area contributed by atoms with E-state index in [9.17, 15) is 28.8 Å². The fourth-order valence-electron chi connectivity index (χ4n) is 6.39. The fraction of sp³-hybridized carbons (Fsp3) is 0.250. The lowest BCUT2D eigenvalue weighted by Crippen LogP contribution is -2.32. The number of para-hydroxylation sites is 2. The number of azo groups is 2. The highest BCUT2D eigenvalue weighted by Crippen LogP contribution is 2.38. The van der Waals surface area contributed by atoms with Crippen LogP contribution in [0.4, 0.5) is 34.1 Å². The zero-order valence-electron chi connectivity index (χ0n) is 37.5. The monoisotopic (exact) mass is 1000 g/mol. The van der Waals surface area contributed by atoms with E-state index in [2.05, 4.69) is 41.7 Å². The number of hydrogen-bond acceptors (Lipinski definition) is 12. The van der Waals surface area contributed by atoms with E-state index in [1.165, 1.54) is 48.5 Å². The van der Waals surface area contributed by atoms with Gasteiger partial charge in [-0.2, -0.15) is 20.5 Å². The SMILES string of the molecule is CCOc1cc(NC(=O)C(N=Nc2ccc(Cl)c(C(=O)Nc3ccccc3C(C)Cl)c2)C(C)=O)c(OCC)cc1NC(=O)C(N=Nc1ccc(Cl)c(C(=O)Nc2ccccc2C(C)Cl)c1)C(C)=O. The van der Waals surface area contributed by atoms with E-state index in [1.54, 1.807) is 76.2 Å². The Hall–Kier alpha value is -6.72. The van der Waals surface area contributed by atoms with E-state index in [1.807, 2.05) is 0 Å². The standard InChI is InChI=1S/C48H46Cl4N8O8/c1-7-67-41-23-40(56-48(66)44(28(6)62)60-58-30-18-20-36(52)34(22-30)46(64)54-38-16-12-10-14-32(38)26(4)50)42(68-8-2)24-39(41)55-47(65)43(27(5)61)59-57-29-17-19-35(51)33(21-29)45(63)53-37-15-11-9-13-31(37)25(3)49/h9-26,43-44H,7-8H2,1-6H3,(H,53,63)(H,54,64)(H,55,65)(H,56,66). The van der Waals surface area contributed by atoms with Gasteiger partial charge < -0.3 is 30.7 Å². The first-order chi connectivity index (χ1) is 32.4. The van der Waals surface area contributed by atoms with Crippen molar-refractivity contribution in [3.05, 3.63) is 129 Å². The van der Waals surface area contributed by atoms with Crippen molar-refractivity contribution in [2.24, 2.45) is 20.5 Å². The Balaban J connectivity index is 1.34. The third-order valence-corrected chi connectivity index (χ3v) is 10.8. The maximum Gasteiger partial charge on any atom is 0.258 e. The van der Waals surface area contributed by atoms with Crippen LogP contribution in [0.15, 0.2) is 118 Å². The van der Waals surface area contributed by atoms with Crippen LogP contribution in [0.25, 0.3) is 0 Å². The summed E-state index contributed by atoms with van der Waals surface area (Å²) in [7, 11) is 0. The molecule has 0 spiro atoms. The fourth-order valence-corrected chi connectivity index (χ4v) is 7.17. The largest absolute Gasteiger partial charge is 0.492 e. The van der Waals surface area contributed by atoms with Crippen LogP contribution in [0.2, 0.25) is 10.0 Å². The summed E-state index contributed by atoms with van der Waals surface area (Å²) in [6.07, 6.45) is 0. The lowest BCUT2D eigenvalue weighted by Gasteiger charge is -2.19. The van der Waals surface area contributed by atoms with Gasteiger partial charge in [-0.1, -0.05) is 59.6 Å². The molecule has 0 aliphatic carbocycles. The summed E-state index contributed by atoms with van der Waals surface area (Å²) in [6.45, 7) is 9.42. The molecule has 0 saturated carbocycles. The number of ketones is 2. The molecule has 0 fully saturated rings. The molecule has 0 bridgehead atoms. The first kappa shape index (κ1) is 52.3. The predicted octanol–water partition coefficient (Wildman–Crippen LogP) is 12.3. The Bertz CT molecular complexity index is 2600. The van der Waals surface area contributed by atoms with Crippen LogP contribution in [0.5, 0.6) is 11.5 Å². The highest BCUT2D eigenvalue weighted by atomic mass is 35.5. The van der Waals surface area contributed by atoms with Crippen LogP contribution in [0, 0.1) is 0 Å². The van der Waals surface area contributed by atoms with Gasteiger partial charge in [-0.3, -0.25) is 28.8 Å². The van der Waals surface area contributed by atoms with Crippen LogP contribution in [0.3, 0.4) is 0 Å². The summed E-state index contributed by atoms with van der Waals surface area (Å²) < 4.78 is 11.6. The number of rotatable bonds is 20.